The first-order chi connectivity index (χ1) is 16.7. The summed E-state index contributed by atoms with van der Waals surface area (Å²) in [4.78, 5) is 32.0. The molecule has 0 atom stereocenters. The fourth-order valence-electron chi connectivity index (χ4n) is 4.65. The van der Waals surface area contributed by atoms with Gasteiger partial charge in [0.2, 0.25) is 0 Å². The first kappa shape index (κ1) is 23.0. The Balaban J connectivity index is 1.40. The number of fused-ring (bicyclic) bond motifs is 2. The van der Waals surface area contributed by atoms with Gasteiger partial charge in [-0.05, 0) is 62.1 Å². The summed E-state index contributed by atoms with van der Waals surface area (Å²) in [6, 6.07) is 8.98. The molecule has 0 bridgehead atoms. The maximum atomic E-state index is 13.3. The molecular formula is C25H28N6O4. The predicted octanol–water partition coefficient (Wildman–Crippen LogP) is 2.20. The Hall–Kier alpha value is -3.79. The molecule has 10 nitrogen and oxygen atoms in total. The lowest BCUT2D eigenvalue weighted by atomic mass is 9.95. The number of aryl methyl sites for hydroxylation is 1. The SMILES string of the molecule is COc1cc2c(cc1C(=O)Nc1cccc(-c3nnc4n3CCC4)n1)CN(C(=O)C(C)(C)O)CC2. The van der Waals surface area contributed by atoms with Crippen molar-refractivity contribution in [1.82, 2.24) is 24.6 Å². The number of anilines is 1. The van der Waals surface area contributed by atoms with Gasteiger partial charge in [0.15, 0.2) is 5.82 Å². The van der Waals surface area contributed by atoms with E-state index in [0.717, 1.165) is 36.3 Å². The van der Waals surface area contributed by atoms with Crippen molar-refractivity contribution in [1.29, 1.82) is 0 Å². The molecule has 2 N–H and O–H groups in total. The molecule has 2 aliphatic rings. The van der Waals surface area contributed by atoms with E-state index in [4.69, 9.17) is 4.74 Å². The summed E-state index contributed by atoms with van der Waals surface area (Å²) in [7, 11) is 1.52. The summed E-state index contributed by atoms with van der Waals surface area (Å²) in [6.07, 6.45) is 2.55. The third kappa shape index (κ3) is 4.37. The summed E-state index contributed by atoms with van der Waals surface area (Å²) in [5.41, 5.74) is 1.39. The van der Waals surface area contributed by atoms with Crippen molar-refractivity contribution in [3.05, 3.63) is 52.8 Å². The van der Waals surface area contributed by atoms with Gasteiger partial charge in [-0.3, -0.25) is 9.59 Å². The van der Waals surface area contributed by atoms with Crippen molar-refractivity contribution in [3.63, 3.8) is 0 Å². The Kier molecular flexibility index (Phi) is 5.76. The molecule has 5 rings (SSSR count). The van der Waals surface area contributed by atoms with Crippen molar-refractivity contribution >= 4 is 17.6 Å². The molecule has 0 aliphatic carbocycles. The zero-order chi connectivity index (χ0) is 24.7. The van der Waals surface area contributed by atoms with Crippen LogP contribution in [0.25, 0.3) is 11.5 Å². The molecule has 10 heteroatoms. The van der Waals surface area contributed by atoms with E-state index in [1.807, 2.05) is 18.2 Å². The van der Waals surface area contributed by atoms with Gasteiger partial charge >= 0.3 is 0 Å². The molecule has 0 saturated heterocycles. The largest absolute Gasteiger partial charge is 0.496 e. The Morgan fingerprint density at radius 1 is 1.11 bits per heavy atom. The molecular weight excluding hydrogens is 448 g/mol. The van der Waals surface area contributed by atoms with Gasteiger partial charge in [-0.15, -0.1) is 10.2 Å². The molecule has 3 aromatic rings. The molecule has 2 aliphatic heterocycles. The second kappa shape index (κ2) is 8.77. The lowest BCUT2D eigenvalue weighted by Crippen LogP contribution is -2.47. The maximum absolute atomic E-state index is 13.3. The fraction of sp³-hybridized carbons (Fsp3) is 0.400. The number of nitrogens with one attached hydrogen (secondary N) is 1. The highest BCUT2D eigenvalue weighted by molar-refractivity contribution is 6.06. The monoisotopic (exact) mass is 476 g/mol. The number of carbonyl (C=O) groups is 2. The number of aliphatic hydroxyl groups is 1. The van der Waals surface area contributed by atoms with E-state index in [-0.39, 0.29) is 11.8 Å². The number of ether oxygens (including phenoxy) is 1. The first-order valence-corrected chi connectivity index (χ1v) is 11.7. The van der Waals surface area contributed by atoms with Gasteiger partial charge in [-0.25, -0.2) is 4.98 Å². The van der Waals surface area contributed by atoms with Gasteiger partial charge in [-0.2, -0.15) is 0 Å². The molecule has 182 valence electrons. The van der Waals surface area contributed by atoms with Crippen LogP contribution in [0.1, 0.15) is 47.6 Å². The van der Waals surface area contributed by atoms with Gasteiger partial charge in [0.05, 0.1) is 12.7 Å². The lowest BCUT2D eigenvalue weighted by Gasteiger charge is -2.33. The van der Waals surface area contributed by atoms with Crippen LogP contribution in [-0.4, -0.2) is 60.8 Å². The molecule has 0 spiro atoms. The summed E-state index contributed by atoms with van der Waals surface area (Å²) in [6.45, 7) is 4.62. The molecule has 0 fully saturated rings. The maximum Gasteiger partial charge on any atom is 0.260 e. The number of rotatable bonds is 5. The zero-order valence-corrected chi connectivity index (χ0v) is 20.0. The van der Waals surface area contributed by atoms with E-state index in [1.165, 1.54) is 21.0 Å². The van der Waals surface area contributed by atoms with Crippen molar-refractivity contribution in [2.45, 2.75) is 51.8 Å². The minimum Gasteiger partial charge on any atom is -0.496 e. The van der Waals surface area contributed by atoms with Crippen LogP contribution in [0.4, 0.5) is 5.82 Å². The van der Waals surface area contributed by atoms with Crippen molar-refractivity contribution in [2.24, 2.45) is 0 Å². The van der Waals surface area contributed by atoms with E-state index >= 15 is 0 Å². The highest BCUT2D eigenvalue weighted by atomic mass is 16.5. The van der Waals surface area contributed by atoms with Crippen molar-refractivity contribution < 1.29 is 19.4 Å². The second-order valence-corrected chi connectivity index (χ2v) is 9.41. The number of pyridine rings is 1. The van der Waals surface area contributed by atoms with E-state index < -0.39 is 5.60 Å². The number of methoxy groups -OCH3 is 1. The third-order valence-electron chi connectivity index (χ3n) is 6.42. The smallest absolute Gasteiger partial charge is 0.260 e. The van der Waals surface area contributed by atoms with Gasteiger partial charge < -0.3 is 24.6 Å². The summed E-state index contributed by atoms with van der Waals surface area (Å²) in [5.74, 6) is 1.78. The summed E-state index contributed by atoms with van der Waals surface area (Å²) >= 11 is 0. The Morgan fingerprint density at radius 2 is 1.94 bits per heavy atom. The van der Waals surface area contributed by atoms with Crippen LogP contribution in [0, 0.1) is 0 Å². The third-order valence-corrected chi connectivity index (χ3v) is 6.42. The number of hydrogen-bond acceptors (Lipinski definition) is 7. The summed E-state index contributed by atoms with van der Waals surface area (Å²) < 4.78 is 7.57. The summed E-state index contributed by atoms with van der Waals surface area (Å²) in [5, 5.41) is 21.5. The molecule has 4 heterocycles. The number of benzene rings is 1. The normalized spacial score (nSPS) is 14.9. The highest BCUT2D eigenvalue weighted by Gasteiger charge is 2.32. The van der Waals surface area contributed by atoms with E-state index in [1.54, 1.807) is 17.0 Å². The van der Waals surface area contributed by atoms with Crippen LogP contribution in [-0.2, 0) is 30.7 Å². The topological polar surface area (TPSA) is 122 Å². The molecule has 0 radical (unpaired) electrons. The van der Waals surface area contributed by atoms with Crippen LogP contribution in [0.5, 0.6) is 5.75 Å². The van der Waals surface area contributed by atoms with Crippen molar-refractivity contribution in [2.75, 3.05) is 19.0 Å². The predicted molar refractivity (Wildman–Crippen MR) is 128 cm³/mol. The highest BCUT2D eigenvalue weighted by Crippen LogP contribution is 2.30. The van der Waals surface area contributed by atoms with Crippen LogP contribution in [0.3, 0.4) is 0 Å². The first-order valence-electron chi connectivity index (χ1n) is 11.7. The number of hydrogen-bond donors (Lipinski definition) is 2. The Labute approximate surface area is 203 Å². The van der Waals surface area contributed by atoms with Crippen LogP contribution < -0.4 is 10.1 Å². The molecule has 2 aromatic heterocycles. The molecule has 1 aromatic carbocycles. The van der Waals surface area contributed by atoms with E-state index in [9.17, 15) is 14.7 Å². The number of nitrogens with zero attached hydrogens (tertiary/aromatic N) is 5. The number of carbonyl (C=O) groups excluding carboxylic acids is 2. The second-order valence-electron chi connectivity index (χ2n) is 9.41. The molecule has 0 saturated carbocycles. The van der Waals surface area contributed by atoms with Crippen LogP contribution >= 0.6 is 0 Å². The minimum atomic E-state index is -1.45. The Bertz CT molecular complexity index is 1310. The van der Waals surface area contributed by atoms with E-state index in [2.05, 4.69) is 25.1 Å². The van der Waals surface area contributed by atoms with Gasteiger partial charge in [0.25, 0.3) is 11.8 Å². The van der Waals surface area contributed by atoms with E-state index in [0.29, 0.717) is 48.2 Å². The minimum absolute atomic E-state index is 0.314. The van der Waals surface area contributed by atoms with Crippen LogP contribution in [0.15, 0.2) is 30.3 Å². The van der Waals surface area contributed by atoms with Gasteiger partial charge in [0, 0.05) is 26.1 Å². The number of amides is 2. The molecule has 35 heavy (non-hydrogen) atoms. The fourth-order valence-corrected chi connectivity index (χ4v) is 4.65. The molecule has 2 amide bonds. The van der Waals surface area contributed by atoms with Crippen molar-refractivity contribution in [3.8, 4) is 17.3 Å². The molecule has 0 unspecified atom stereocenters. The average Bonchev–Trinajstić information content (AvgIpc) is 3.46. The lowest BCUT2D eigenvalue weighted by molar-refractivity contribution is -0.148. The van der Waals surface area contributed by atoms with Crippen LogP contribution in [0.2, 0.25) is 0 Å². The van der Waals surface area contributed by atoms with Gasteiger partial charge in [-0.1, -0.05) is 6.07 Å². The van der Waals surface area contributed by atoms with Gasteiger partial charge in [0.1, 0.15) is 28.7 Å². The average molecular weight is 477 g/mol. The zero-order valence-electron chi connectivity index (χ0n) is 20.0. The quantitative estimate of drug-likeness (QED) is 0.579. The Morgan fingerprint density at radius 3 is 2.71 bits per heavy atom. The standard InChI is InChI=1S/C25H28N6O4/c1-25(2,34)24(33)30-11-9-15-13-19(35-3)17(12-16(15)14-30)23(32)27-20-7-4-6-18(26-20)22-29-28-21-8-5-10-31(21)22/h4,6-7,12-13,34H,5,8-11,14H2,1-3H3,(H,26,27,32). The number of aromatic nitrogens is 4.